The zero-order valence-corrected chi connectivity index (χ0v) is 16.7. The topological polar surface area (TPSA) is 24.5 Å². The minimum absolute atomic E-state index is 0.193. The first-order valence-electron chi connectivity index (χ1n) is 10.1. The lowest BCUT2D eigenvalue weighted by Gasteiger charge is -2.34. The van der Waals surface area contributed by atoms with Crippen LogP contribution in [-0.4, -0.2) is 26.2 Å². The molecule has 0 aromatic heterocycles. The first-order chi connectivity index (χ1) is 13.1. The number of piperidine rings is 1. The van der Waals surface area contributed by atoms with Crippen LogP contribution in [0, 0.1) is 5.82 Å². The molecule has 0 spiro atoms. The quantitative estimate of drug-likeness (QED) is 0.718. The van der Waals surface area contributed by atoms with Gasteiger partial charge < -0.3 is 15.0 Å². The van der Waals surface area contributed by atoms with Gasteiger partial charge in [0.05, 0.1) is 12.3 Å². The third-order valence-electron chi connectivity index (χ3n) is 5.48. The molecule has 1 aliphatic rings. The lowest BCUT2D eigenvalue weighted by atomic mass is 9.88. The van der Waals surface area contributed by atoms with Crippen molar-refractivity contribution < 1.29 is 9.13 Å². The largest absolute Gasteiger partial charge is 0.494 e. The highest BCUT2D eigenvalue weighted by Crippen LogP contribution is 2.33. The van der Waals surface area contributed by atoms with Gasteiger partial charge in [-0.1, -0.05) is 31.2 Å². The van der Waals surface area contributed by atoms with Gasteiger partial charge in [-0.25, -0.2) is 4.39 Å². The summed E-state index contributed by atoms with van der Waals surface area (Å²) in [5.74, 6) is 0.956. The molecule has 1 N–H and O–H groups in total. The Morgan fingerprint density at radius 1 is 1.11 bits per heavy atom. The molecular formula is C23H31FN2O. The Hall–Kier alpha value is -2.07. The monoisotopic (exact) mass is 370 g/mol. The molecule has 2 aromatic carbocycles. The standard InChI is InChI=1S/C23H31FN2O/c1-4-25-17(3)18-6-8-19(9-7-18)20-12-14-26(15-13-20)23-11-10-21(27-5-2)16-22(23)24/h6-11,16-17,20,25H,4-5,12-15H2,1-3H3. The number of benzene rings is 2. The van der Waals surface area contributed by atoms with E-state index in [9.17, 15) is 4.39 Å². The Bertz CT molecular complexity index is 724. The molecular weight excluding hydrogens is 339 g/mol. The average molecular weight is 371 g/mol. The fourth-order valence-electron chi connectivity index (χ4n) is 3.94. The Morgan fingerprint density at radius 2 is 1.81 bits per heavy atom. The zero-order chi connectivity index (χ0) is 19.2. The van der Waals surface area contributed by atoms with Gasteiger partial charge in [0.2, 0.25) is 0 Å². The Balaban J connectivity index is 1.60. The van der Waals surface area contributed by atoms with Crippen molar-refractivity contribution >= 4 is 5.69 Å². The fourth-order valence-corrected chi connectivity index (χ4v) is 3.94. The molecule has 146 valence electrons. The summed E-state index contributed by atoms with van der Waals surface area (Å²) in [7, 11) is 0. The first-order valence-corrected chi connectivity index (χ1v) is 10.1. The number of hydrogen-bond acceptors (Lipinski definition) is 3. The smallest absolute Gasteiger partial charge is 0.150 e. The van der Waals surface area contributed by atoms with Crippen molar-refractivity contribution in [2.45, 2.75) is 45.6 Å². The van der Waals surface area contributed by atoms with Gasteiger partial charge in [0.1, 0.15) is 11.6 Å². The number of nitrogens with zero attached hydrogens (tertiary/aromatic N) is 1. The van der Waals surface area contributed by atoms with Crippen molar-refractivity contribution in [1.82, 2.24) is 5.32 Å². The van der Waals surface area contributed by atoms with Gasteiger partial charge in [0, 0.05) is 25.2 Å². The summed E-state index contributed by atoms with van der Waals surface area (Å²) in [6.45, 7) is 9.52. The second kappa shape index (κ2) is 9.23. The summed E-state index contributed by atoms with van der Waals surface area (Å²) >= 11 is 0. The second-order valence-corrected chi connectivity index (χ2v) is 7.25. The van der Waals surface area contributed by atoms with Crippen molar-refractivity contribution in [1.29, 1.82) is 0 Å². The van der Waals surface area contributed by atoms with Gasteiger partial charge in [-0.15, -0.1) is 0 Å². The lowest BCUT2D eigenvalue weighted by Crippen LogP contribution is -2.33. The van der Waals surface area contributed by atoms with E-state index in [-0.39, 0.29) is 5.82 Å². The highest BCUT2D eigenvalue weighted by Gasteiger charge is 2.22. The molecule has 1 atom stereocenters. The molecule has 0 saturated carbocycles. The number of rotatable bonds is 7. The number of hydrogen-bond donors (Lipinski definition) is 1. The van der Waals surface area contributed by atoms with Crippen LogP contribution >= 0.6 is 0 Å². The average Bonchev–Trinajstić information content (AvgIpc) is 2.69. The second-order valence-electron chi connectivity index (χ2n) is 7.25. The molecule has 27 heavy (non-hydrogen) atoms. The molecule has 1 aliphatic heterocycles. The minimum Gasteiger partial charge on any atom is -0.494 e. The molecule has 0 radical (unpaired) electrons. The highest BCUT2D eigenvalue weighted by molar-refractivity contribution is 5.51. The van der Waals surface area contributed by atoms with Crippen LogP contribution in [0.3, 0.4) is 0 Å². The molecule has 0 bridgehead atoms. The third-order valence-corrected chi connectivity index (χ3v) is 5.48. The van der Waals surface area contributed by atoms with Crippen LogP contribution in [0.1, 0.15) is 56.7 Å². The molecule has 0 amide bonds. The van der Waals surface area contributed by atoms with Crippen molar-refractivity contribution in [3.63, 3.8) is 0 Å². The van der Waals surface area contributed by atoms with Crippen LogP contribution in [-0.2, 0) is 0 Å². The van der Waals surface area contributed by atoms with E-state index in [4.69, 9.17) is 4.74 Å². The van der Waals surface area contributed by atoms with E-state index in [2.05, 4.69) is 48.3 Å². The zero-order valence-electron chi connectivity index (χ0n) is 16.7. The predicted octanol–water partition coefficient (Wildman–Crippen LogP) is 5.28. The van der Waals surface area contributed by atoms with E-state index >= 15 is 0 Å². The van der Waals surface area contributed by atoms with Crippen LogP contribution in [0.4, 0.5) is 10.1 Å². The maximum atomic E-state index is 14.4. The van der Waals surface area contributed by atoms with Crippen LogP contribution in [0.5, 0.6) is 5.75 Å². The van der Waals surface area contributed by atoms with Crippen LogP contribution < -0.4 is 15.0 Å². The minimum atomic E-state index is -0.193. The van der Waals surface area contributed by atoms with Gasteiger partial charge in [0.15, 0.2) is 0 Å². The molecule has 4 heteroatoms. The summed E-state index contributed by atoms with van der Waals surface area (Å²) < 4.78 is 19.8. The van der Waals surface area contributed by atoms with E-state index in [0.29, 0.717) is 30.0 Å². The van der Waals surface area contributed by atoms with Gasteiger partial charge in [0.25, 0.3) is 0 Å². The third kappa shape index (κ3) is 4.81. The maximum absolute atomic E-state index is 14.4. The van der Waals surface area contributed by atoms with Crippen molar-refractivity contribution in [2.75, 3.05) is 31.1 Å². The van der Waals surface area contributed by atoms with Crippen LogP contribution in [0.15, 0.2) is 42.5 Å². The van der Waals surface area contributed by atoms with Crippen molar-refractivity contribution in [3.8, 4) is 5.75 Å². The van der Waals surface area contributed by atoms with E-state index < -0.39 is 0 Å². The summed E-state index contributed by atoms with van der Waals surface area (Å²) in [6.07, 6.45) is 2.10. The van der Waals surface area contributed by atoms with Gasteiger partial charge >= 0.3 is 0 Å². The molecule has 1 unspecified atom stereocenters. The molecule has 1 heterocycles. The van der Waals surface area contributed by atoms with Crippen LogP contribution in [0.2, 0.25) is 0 Å². The number of nitrogens with one attached hydrogen (secondary N) is 1. The molecule has 3 nitrogen and oxygen atoms in total. The van der Waals surface area contributed by atoms with Crippen molar-refractivity contribution in [3.05, 3.63) is 59.4 Å². The number of halogens is 1. The lowest BCUT2D eigenvalue weighted by molar-refractivity contribution is 0.338. The summed E-state index contributed by atoms with van der Waals surface area (Å²) in [4.78, 5) is 2.16. The maximum Gasteiger partial charge on any atom is 0.150 e. The number of anilines is 1. The van der Waals surface area contributed by atoms with Gasteiger partial charge in [-0.05, 0) is 62.4 Å². The molecule has 3 rings (SSSR count). The Morgan fingerprint density at radius 3 is 2.41 bits per heavy atom. The normalized spacial score (nSPS) is 16.4. The Kier molecular flexibility index (Phi) is 6.73. The molecule has 1 fully saturated rings. The van der Waals surface area contributed by atoms with Gasteiger partial charge in [-0.3, -0.25) is 0 Å². The van der Waals surface area contributed by atoms with E-state index in [1.165, 1.54) is 17.2 Å². The Labute approximate surface area is 162 Å². The number of ether oxygens (including phenoxy) is 1. The van der Waals surface area contributed by atoms with Gasteiger partial charge in [-0.2, -0.15) is 0 Å². The molecule has 2 aromatic rings. The summed E-state index contributed by atoms with van der Waals surface area (Å²) in [6, 6.07) is 14.6. The van der Waals surface area contributed by atoms with Crippen LogP contribution in [0.25, 0.3) is 0 Å². The van der Waals surface area contributed by atoms with E-state index in [0.717, 1.165) is 32.5 Å². The van der Waals surface area contributed by atoms with E-state index in [1.807, 2.05) is 19.1 Å². The first kappa shape index (κ1) is 19.7. The predicted molar refractivity (Wildman–Crippen MR) is 110 cm³/mol. The van der Waals surface area contributed by atoms with E-state index in [1.54, 1.807) is 0 Å². The summed E-state index contributed by atoms with van der Waals surface area (Å²) in [5.41, 5.74) is 3.41. The highest BCUT2D eigenvalue weighted by atomic mass is 19.1. The fraction of sp³-hybridized carbons (Fsp3) is 0.478. The molecule has 0 aliphatic carbocycles. The SMILES string of the molecule is CCNC(C)c1ccc(C2CCN(c3ccc(OCC)cc3F)CC2)cc1. The van der Waals surface area contributed by atoms with Crippen molar-refractivity contribution in [2.24, 2.45) is 0 Å². The summed E-state index contributed by atoms with van der Waals surface area (Å²) in [5, 5.41) is 3.45. The molecule has 1 saturated heterocycles.